The molecular formula is C14H26N4O2. The number of nitrogens with zero attached hydrogens (tertiary/aromatic N) is 3. The highest BCUT2D eigenvalue weighted by atomic mass is 16.4. The first kappa shape index (κ1) is 15.3. The maximum absolute atomic E-state index is 9.23. The van der Waals surface area contributed by atoms with Gasteiger partial charge in [-0.15, -0.1) is 5.10 Å². The number of anilines is 1. The number of hydrogen-bond acceptors (Lipinski definition) is 6. The van der Waals surface area contributed by atoms with Gasteiger partial charge in [0, 0.05) is 18.1 Å². The van der Waals surface area contributed by atoms with Crippen molar-refractivity contribution in [2.45, 2.75) is 64.6 Å². The molecule has 0 radical (unpaired) electrons. The molecule has 0 saturated heterocycles. The van der Waals surface area contributed by atoms with Crippen molar-refractivity contribution in [3.05, 3.63) is 5.89 Å². The summed E-state index contributed by atoms with van der Waals surface area (Å²) >= 11 is 0. The van der Waals surface area contributed by atoms with Crippen molar-refractivity contribution in [2.24, 2.45) is 0 Å². The molecule has 2 N–H and O–H groups in total. The third kappa shape index (κ3) is 4.18. The summed E-state index contributed by atoms with van der Waals surface area (Å²) < 4.78 is 5.74. The fourth-order valence-electron chi connectivity index (χ4n) is 2.53. The van der Waals surface area contributed by atoms with Crippen LogP contribution in [-0.4, -0.2) is 40.0 Å². The zero-order chi connectivity index (χ0) is 14.6. The van der Waals surface area contributed by atoms with Crippen LogP contribution in [0.5, 0.6) is 0 Å². The lowest BCUT2D eigenvalue weighted by Gasteiger charge is -2.25. The number of hydrogen-bond donors (Lipinski definition) is 2. The molecule has 0 amide bonds. The fourth-order valence-corrected chi connectivity index (χ4v) is 2.53. The number of aliphatic hydroxyl groups is 1. The Balaban J connectivity index is 2.00. The van der Waals surface area contributed by atoms with Crippen LogP contribution >= 0.6 is 0 Å². The molecule has 6 heteroatoms. The summed E-state index contributed by atoms with van der Waals surface area (Å²) in [4.78, 5) is 2.06. The highest BCUT2D eigenvalue weighted by Gasteiger charge is 2.26. The molecule has 0 unspecified atom stereocenters. The van der Waals surface area contributed by atoms with Crippen molar-refractivity contribution in [3.63, 3.8) is 0 Å². The van der Waals surface area contributed by atoms with Crippen LogP contribution in [0.3, 0.4) is 0 Å². The Morgan fingerprint density at radius 1 is 1.30 bits per heavy atom. The Hall–Kier alpha value is -1.14. The molecule has 20 heavy (non-hydrogen) atoms. The summed E-state index contributed by atoms with van der Waals surface area (Å²) in [6.45, 7) is 7.52. The van der Waals surface area contributed by atoms with Crippen LogP contribution in [0.4, 0.5) is 6.01 Å². The van der Waals surface area contributed by atoms with Crippen LogP contribution in [0.1, 0.15) is 52.3 Å². The first-order valence-corrected chi connectivity index (χ1v) is 7.44. The standard InChI is InChI=1S/C14H26N4O2/c1-14(2,3)15-10-12-16-17-13(20-12)18(8-9-19)11-6-4-5-7-11/h11,15,19H,4-10H2,1-3H3. The first-order valence-electron chi connectivity index (χ1n) is 7.44. The van der Waals surface area contributed by atoms with Gasteiger partial charge in [-0.3, -0.25) is 0 Å². The Bertz CT molecular complexity index is 408. The maximum Gasteiger partial charge on any atom is 0.318 e. The van der Waals surface area contributed by atoms with Crippen LogP contribution in [-0.2, 0) is 6.54 Å². The summed E-state index contributed by atoms with van der Waals surface area (Å²) in [6.07, 6.45) is 4.74. The van der Waals surface area contributed by atoms with E-state index in [4.69, 9.17) is 4.42 Å². The number of rotatable bonds is 6. The monoisotopic (exact) mass is 282 g/mol. The molecule has 1 fully saturated rings. The average molecular weight is 282 g/mol. The Labute approximate surface area is 120 Å². The van der Waals surface area contributed by atoms with E-state index in [0.717, 1.165) is 12.8 Å². The molecule has 6 nitrogen and oxygen atoms in total. The van der Waals surface area contributed by atoms with Gasteiger partial charge in [0.25, 0.3) is 0 Å². The highest BCUT2D eigenvalue weighted by molar-refractivity contribution is 5.27. The van der Waals surface area contributed by atoms with Gasteiger partial charge in [-0.25, -0.2) is 0 Å². The predicted molar refractivity (Wildman–Crippen MR) is 77.6 cm³/mol. The molecule has 0 aromatic carbocycles. The lowest BCUT2D eigenvalue weighted by molar-refractivity contribution is 0.291. The van der Waals surface area contributed by atoms with Crippen molar-refractivity contribution >= 4 is 6.01 Å². The molecule has 114 valence electrons. The van der Waals surface area contributed by atoms with Gasteiger partial charge in [0.1, 0.15) is 0 Å². The van der Waals surface area contributed by atoms with E-state index in [0.29, 0.717) is 31.0 Å². The van der Waals surface area contributed by atoms with Gasteiger partial charge in [-0.1, -0.05) is 17.9 Å². The van der Waals surface area contributed by atoms with E-state index in [1.165, 1.54) is 12.8 Å². The highest BCUT2D eigenvalue weighted by Crippen LogP contribution is 2.27. The number of aromatic nitrogens is 2. The Morgan fingerprint density at radius 3 is 2.60 bits per heavy atom. The number of aliphatic hydroxyl groups excluding tert-OH is 1. The van der Waals surface area contributed by atoms with Crippen molar-refractivity contribution in [3.8, 4) is 0 Å². The smallest absolute Gasteiger partial charge is 0.318 e. The van der Waals surface area contributed by atoms with Crippen molar-refractivity contribution in [1.82, 2.24) is 15.5 Å². The second kappa shape index (κ2) is 6.54. The molecule has 1 saturated carbocycles. The third-order valence-corrected chi connectivity index (χ3v) is 3.58. The minimum absolute atomic E-state index is 0.0187. The van der Waals surface area contributed by atoms with Gasteiger partial charge < -0.3 is 19.7 Å². The minimum atomic E-state index is 0.0187. The molecular weight excluding hydrogens is 256 g/mol. The van der Waals surface area contributed by atoms with E-state index in [1.807, 2.05) is 0 Å². The van der Waals surface area contributed by atoms with E-state index in [1.54, 1.807) is 0 Å². The van der Waals surface area contributed by atoms with Crippen LogP contribution < -0.4 is 10.2 Å². The van der Waals surface area contributed by atoms with E-state index in [2.05, 4.69) is 41.2 Å². The van der Waals surface area contributed by atoms with Crippen molar-refractivity contribution in [1.29, 1.82) is 0 Å². The van der Waals surface area contributed by atoms with Gasteiger partial charge >= 0.3 is 6.01 Å². The van der Waals surface area contributed by atoms with E-state index >= 15 is 0 Å². The normalized spacial score (nSPS) is 16.8. The zero-order valence-electron chi connectivity index (χ0n) is 12.7. The van der Waals surface area contributed by atoms with Crippen LogP contribution in [0, 0.1) is 0 Å². The van der Waals surface area contributed by atoms with Gasteiger partial charge in [0.2, 0.25) is 5.89 Å². The minimum Gasteiger partial charge on any atom is -0.407 e. The molecule has 1 aliphatic carbocycles. The molecule has 1 heterocycles. The molecule has 2 rings (SSSR count). The molecule has 0 aliphatic heterocycles. The summed E-state index contributed by atoms with van der Waals surface area (Å²) in [5.74, 6) is 0.593. The molecule has 0 atom stereocenters. The zero-order valence-corrected chi connectivity index (χ0v) is 12.7. The summed E-state index contributed by atoms with van der Waals surface area (Å²) in [5, 5.41) is 20.8. The van der Waals surface area contributed by atoms with E-state index < -0.39 is 0 Å². The average Bonchev–Trinajstić information content (AvgIpc) is 3.04. The Morgan fingerprint density at radius 2 is 2.00 bits per heavy atom. The maximum atomic E-state index is 9.23. The molecule has 0 spiro atoms. The van der Waals surface area contributed by atoms with Gasteiger partial charge in [-0.2, -0.15) is 0 Å². The van der Waals surface area contributed by atoms with Crippen LogP contribution in [0.25, 0.3) is 0 Å². The summed E-state index contributed by atoms with van der Waals surface area (Å²) in [7, 11) is 0. The van der Waals surface area contributed by atoms with Crippen molar-refractivity contribution < 1.29 is 9.52 Å². The van der Waals surface area contributed by atoms with Gasteiger partial charge in [0.15, 0.2) is 0 Å². The SMILES string of the molecule is CC(C)(C)NCc1nnc(N(CCO)C2CCCC2)o1. The second-order valence-electron chi connectivity index (χ2n) is 6.44. The van der Waals surface area contributed by atoms with Crippen molar-refractivity contribution in [2.75, 3.05) is 18.1 Å². The van der Waals surface area contributed by atoms with Gasteiger partial charge in [0.05, 0.1) is 13.2 Å². The molecule has 0 bridgehead atoms. The summed E-state index contributed by atoms with van der Waals surface area (Å²) in [5.41, 5.74) is 0.0187. The number of nitrogens with one attached hydrogen (secondary N) is 1. The fraction of sp³-hybridized carbons (Fsp3) is 0.857. The molecule has 1 aromatic rings. The molecule has 1 aromatic heterocycles. The second-order valence-corrected chi connectivity index (χ2v) is 6.44. The largest absolute Gasteiger partial charge is 0.407 e. The lowest BCUT2D eigenvalue weighted by Crippen LogP contribution is -2.36. The lowest BCUT2D eigenvalue weighted by atomic mass is 10.1. The topological polar surface area (TPSA) is 74.4 Å². The Kier molecular flexibility index (Phi) is 4.99. The third-order valence-electron chi connectivity index (χ3n) is 3.58. The van der Waals surface area contributed by atoms with E-state index in [-0.39, 0.29) is 12.1 Å². The van der Waals surface area contributed by atoms with Crippen LogP contribution in [0.2, 0.25) is 0 Å². The first-order chi connectivity index (χ1) is 9.49. The predicted octanol–water partition coefficient (Wildman–Crippen LogP) is 1.70. The molecule has 1 aliphatic rings. The quantitative estimate of drug-likeness (QED) is 0.827. The van der Waals surface area contributed by atoms with E-state index in [9.17, 15) is 5.11 Å². The van der Waals surface area contributed by atoms with Crippen LogP contribution in [0.15, 0.2) is 4.42 Å². The summed E-state index contributed by atoms with van der Waals surface area (Å²) in [6, 6.07) is 0.961. The van der Waals surface area contributed by atoms with Gasteiger partial charge in [-0.05, 0) is 33.6 Å².